The van der Waals surface area contributed by atoms with Gasteiger partial charge >= 0.3 is 6.03 Å². The Bertz CT molecular complexity index is 718. The van der Waals surface area contributed by atoms with E-state index in [2.05, 4.69) is 45.9 Å². The minimum atomic E-state index is -0.139. The van der Waals surface area contributed by atoms with Crippen LogP contribution in [-0.4, -0.2) is 43.7 Å². The maximum atomic E-state index is 12.2. The topological polar surface area (TPSA) is 53.6 Å². The first-order chi connectivity index (χ1) is 13.7. The molecule has 1 atom stereocenters. The average molecular weight is 382 g/mol. The van der Waals surface area contributed by atoms with Crippen molar-refractivity contribution in [1.29, 1.82) is 0 Å². The molecule has 2 N–H and O–H groups in total. The zero-order valence-electron chi connectivity index (χ0n) is 16.7. The van der Waals surface area contributed by atoms with E-state index >= 15 is 0 Å². The Morgan fingerprint density at radius 2 is 1.89 bits per heavy atom. The Morgan fingerprint density at radius 1 is 1.11 bits per heavy atom. The van der Waals surface area contributed by atoms with Gasteiger partial charge in [-0.2, -0.15) is 0 Å². The third kappa shape index (κ3) is 6.66. The Morgan fingerprint density at radius 3 is 2.64 bits per heavy atom. The van der Waals surface area contributed by atoms with Gasteiger partial charge in [0.25, 0.3) is 0 Å². The minimum Gasteiger partial charge on any atom is -0.377 e. The van der Waals surface area contributed by atoms with Gasteiger partial charge in [0.05, 0.1) is 6.61 Å². The number of carbonyl (C=O) groups excluding carboxylic acids is 1. The van der Waals surface area contributed by atoms with Crippen LogP contribution in [0.3, 0.4) is 0 Å². The molecule has 150 valence electrons. The standard InChI is InChI=1S/C23H31N3O2/c1-2-28-18-20-8-10-22(11-9-20)25-23(27)24-16-21-13-15-26(17-21)14-12-19-6-4-3-5-7-19/h3-11,21H,2,12-18H2,1H3,(H2,24,25,27)/t21-/m1/s1. The first-order valence-corrected chi connectivity index (χ1v) is 10.2. The largest absolute Gasteiger partial charge is 0.377 e. The van der Waals surface area contributed by atoms with E-state index in [0.29, 0.717) is 19.1 Å². The van der Waals surface area contributed by atoms with Crippen LogP contribution in [0.1, 0.15) is 24.5 Å². The van der Waals surface area contributed by atoms with Crippen LogP contribution < -0.4 is 10.6 Å². The molecule has 1 fully saturated rings. The van der Waals surface area contributed by atoms with Crippen molar-refractivity contribution < 1.29 is 9.53 Å². The van der Waals surface area contributed by atoms with Crippen LogP contribution in [0.5, 0.6) is 0 Å². The first-order valence-electron chi connectivity index (χ1n) is 10.2. The third-order valence-electron chi connectivity index (χ3n) is 5.17. The number of ether oxygens (including phenoxy) is 1. The molecular weight excluding hydrogens is 350 g/mol. The van der Waals surface area contributed by atoms with Crippen molar-refractivity contribution >= 4 is 11.7 Å². The lowest BCUT2D eigenvalue weighted by Crippen LogP contribution is -2.34. The van der Waals surface area contributed by atoms with Crippen LogP contribution in [0.2, 0.25) is 0 Å². The van der Waals surface area contributed by atoms with Crippen molar-refractivity contribution in [3.63, 3.8) is 0 Å². The lowest BCUT2D eigenvalue weighted by atomic mass is 10.1. The summed E-state index contributed by atoms with van der Waals surface area (Å²) >= 11 is 0. The van der Waals surface area contributed by atoms with Gasteiger partial charge in [0.2, 0.25) is 0 Å². The molecule has 0 aromatic heterocycles. The predicted octanol–water partition coefficient (Wildman–Crippen LogP) is 3.91. The van der Waals surface area contributed by atoms with Crippen LogP contribution in [0.25, 0.3) is 0 Å². The second-order valence-corrected chi connectivity index (χ2v) is 7.36. The van der Waals surface area contributed by atoms with E-state index in [1.54, 1.807) is 0 Å². The summed E-state index contributed by atoms with van der Waals surface area (Å²) in [5, 5.41) is 5.92. The number of urea groups is 1. The first kappa shape index (κ1) is 20.4. The van der Waals surface area contributed by atoms with Gasteiger partial charge in [0.1, 0.15) is 0 Å². The highest BCUT2D eigenvalue weighted by Crippen LogP contribution is 2.16. The normalized spacial score (nSPS) is 16.8. The number of amides is 2. The van der Waals surface area contributed by atoms with Crippen LogP contribution in [-0.2, 0) is 17.8 Å². The second-order valence-electron chi connectivity index (χ2n) is 7.36. The summed E-state index contributed by atoms with van der Waals surface area (Å²) in [6.07, 6.45) is 2.22. The molecule has 2 amide bonds. The SMILES string of the molecule is CCOCc1ccc(NC(=O)NC[C@H]2CCN(CCc3ccccc3)C2)cc1. The van der Waals surface area contributed by atoms with E-state index in [0.717, 1.165) is 50.3 Å². The average Bonchev–Trinajstić information content (AvgIpc) is 3.19. The predicted molar refractivity (Wildman–Crippen MR) is 113 cm³/mol. The molecule has 5 heteroatoms. The molecule has 1 heterocycles. The van der Waals surface area contributed by atoms with Gasteiger partial charge in [-0.1, -0.05) is 42.5 Å². The van der Waals surface area contributed by atoms with E-state index < -0.39 is 0 Å². The van der Waals surface area contributed by atoms with E-state index in [-0.39, 0.29) is 6.03 Å². The molecule has 0 unspecified atom stereocenters. The lowest BCUT2D eigenvalue weighted by Gasteiger charge is -2.16. The van der Waals surface area contributed by atoms with E-state index in [1.807, 2.05) is 31.2 Å². The number of rotatable bonds is 9. The number of anilines is 1. The monoisotopic (exact) mass is 381 g/mol. The number of nitrogens with zero attached hydrogens (tertiary/aromatic N) is 1. The highest BCUT2D eigenvalue weighted by atomic mass is 16.5. The molecule has 2 aromatic carbocycles. The van der Waals surface area contributed by atoms with Gasteiger partial charge < -0.3 is 20.3 Å². The Kier molecular flexibility index (Phi) is 7.88. The summed E-state index contributed by atoms with van der Waals surface area (Å²) in [4.78, 5) is 14.7. The fourth-order valence-electron chi connectivity index (χ4n) is 3.53. The number of benzene rings is 2. The molecule has 1 aliphatic rings. The van der Waals surface area contributed by atoms with Crippen molar-refractivity contribution in [2.24, 2.45) is 5.92 Å². The second kappa shape index (κ2) is 10.8. The number of nitrogens with one attached hydrogen (secondary N) is 2. The van der Waals surface area contributed by atoms with Crippen molar-refractivity contribution in [2.75, 3.05) is 38.1 Å². The number of hydrogen-bond acceptors (Lipinski definition) is 3. The summed E-state index contributed by atoms with van der Waals surface area (Å²) < 4.78 is 5.38. The molecule has 3 rings (SSSR count). The molecule has 0 bridgehead atoms. The van der Waals surface area contributed by atoms with Gasteiger partial charge in [0, 0.05) is 31.9 Å². The third-order valence-corrected chi connectivity index (χ3v) is 5.17. The highest BCUT2D eigenvalue weighted by molar-refractivity contribution is 5.89. The van der Waals surface area contributed by atoms with Crippen molar-refractivity contribution in [3.05, 3.63) is 65.7 Å². The van der Waals surface area contributed by atoms with Gasteiger partial charge in [0.15, 0.2) is 0 Å². The molecule has 0 radical (unpaired) electrons. The van der Waals surface area contributed by atoms with Crippen LogP contribution in [0.15, 0.2) is 54.6 Å². The molecule has 28 heavy (non-hydrogen) atoms. The number of carbonyl (C=O) groups is 1. The van der Waals surface area contributed by atoms with Gasteiger partial charge in [-0.15, -0.1) is 0 Å². The summed E-state index contributed by atoms with van der Waals surface area (Å²) in [6, 6.07) is 18.3. The molecule has 1 saturated heterocycles. The van der Waals surface area contributed by atoms with Gasteiger partial charge in [-0.05, 0) is 55.5 Å². The van der Waals surface area contributed by atoms with Crippen molar-refractivity contribution in [1.82, 2.24) is 10.2 Å². The summed E-state index contributed by atoms with van der Waals surface area (Å²) in [6.45, 7) is 7.25. The molecule has 0 spiro atoms. The summed E-state index contributed by atoms with van der Waals surface area (Å²) in [5.41, 5.74) is 3.29. The molecule has 2 aromatic rings. The highest BCUT2D eigenvalue weighted by Gasteiger charge is 2.22. The zero-order chi connectivity index (χ0) is 19.6. The molecule has 0 saturated carbocycles. The van der Waals surface area contributed by atoms with E-state index in [4.69, 9.17) is 4.74 Å². The number of likely N-dealkylation sites (tertiary alicyclic amines) is 1. The Hall–Kier alpha value is -2.37. The molecule has 0 aliphatic carbocycles. The van der Waals surface area contributed by atoms with Crippen LogP contribution in [0, 0.1) is 5.92 Å². The fraction of sp³-hybridized carbons (Fsp3) is 0.435. The molecule has 5 nitrogen and oxygen atoms in total. The van der Waals surface area contributed by atoms with Crippen LogP contribution >= 0.6 is 0 Å². The van der Waals surface area contributed by atoms with Crippen molar-refractivity contribution in [3.8, 4) is 0 Å². The Labute approximate surface area is 168 Å². The molecular formula is C23H31N3O2. The fourth-order valence-corrected chi connectivity index (χ4v) is 3.53. The summed E-state index contributed by atoms with van der Waals surface area (Å²) in [7, 11) is 0. The smallest absolute Gasteiger partial charge is 0.319 e. The minimum absolute atomic E-state index is 0.139. The van der Waals surface area contributed by atoms with Gasteiger partial charge in [-0.25, -0.2) is 4.79 Å². The maximum absolute atomic E-state index is 12.2. The lowest BCUT2D eigenvalue weighted by molar-refractivity contribution is 0.134. The zero-order valence-corrected chi connectivity index (χ0v) is 16.7. The summed E-state index contributed by atoms with van der Waals surface area (Å²) in [5.74, 6) is 0.523. The van der Waals surface area contributed by atoms with Crippen molar-refractivity contribution in [2.45, 2.75) is 26.4 Å². The van der Waals surface area contributed by atoms with Gasteiger partial charge in [-0.3, -0.25) is 0 Å². The van der Waals surface area contributed by atoms with E-state index in [9.17, 15) is 4.79 Å². The number of hydrogen-bond donors (Lipinski definition) is 2. The molecule has 1 aliphatic heterocycles. The Balaban J connectivity index is 1.33. The van der Waals surface area contributed by atoms with Crippen LogP contribution in [0.4, 0.5) is 10.5 Å². The quantitative estimate of drug-likeness (QED) is 0.692. The van der Waals surface area contributed by atoms with E-state index in [1.165, 1.54) is 5.56 Å². The maximum Gasteiger partial charge on any atom is 0.319 e.